The molecular weight excluding hydrogens is 428 g/mol. The van der Waals surface area contributed by atoms with E-state index in [0.29, 0.717) is 13.0 Å². The van der Waals surface area contributed by atoms with E-state index in [1.807, 2.05) is 78.3 Å². The summed E-state index contributed by atoms with van der Waals surface area (Å²) in [6.07, 6.45) is 0.732. The highest BCUT2D eigenvalue weighted by molar-refractivity contribution is 5.78. The van der Waals surface area contributed by atoms with Crippen LogP contribution in [0.4, 0.5) is 0 Å². The Morgan fingerprint density at radius 3 is 2.06 bits per heavy atom. The van der Waals surface area contributed by atoms with E-state index < -0.39 is 0 Å². The van der Waals surface area contributed by atoms with Gasteiger partial charge >= 0.3 is 5.97 Å². The van der Waals surface area contributed by atoms with Crippen molar-refractivity contribution in [3.63, 3.8) is 0 Å². The molecule has 0 saturated heterocycles. The Bertz CT molecular complexity index is 1230. The van der Waals surface area contributed by atoms with E-state index in [4.69, 9.17) is 19.3 Å². The quantitative estimate of drug-likeness (QED) is 0.322. The molecule has 0 N–H and O–H groups in total. The number of ether oxygens (including phenoxy) is 3. The van der Waals surface area contributed by atoms with Gasteiger partial charge in [0.25, 0.3) is 0 Å². The first kappa shape index (κ1) is 23.1. The molecule has 34 heavy (non-hydrogen) atoms. The molecule has 0 amide bonds. The minimum atomic E-state index is -0.277. The molecule has 0 radical (unpaired) electrons. The largest absolute Gasteiger partial charge is 0.497 e. The van der Waals surface area contributed by atoms with E-state index in [1.165, 1.54) is 0 Å². The zero-order valence-electron chi connectivity index (χ0n) is 19.7. The minimum Gasteiger partial charge on any atom is -0.497 e. The summed E-state index contributed by atoms with van der Waals surface area (Å²) in [6.45, 7) is 2.14. The molecule has 0 unspecified atom stereocenters. The van der Waals surface area contributed by atoms with E-state index in [9.17, 15) is 4.79 Å². The van der Waals surface area contributed by atoms with Crippen LogP contribution in [0.2, 0.25) is 0 Å². The minimum absolute atomic E-state index is 0.132. The molecule has 4 aromatic rings. The predicted octanol–water partition coefficient (Wildman–Crippen LogP) is 5.25. The molecule has 0 aliphatic heterocycles. The van der Waals surface area contributed by atoms with Crippen molar-refractivity contribution in [2.75, 3.05) is 20.8 Å². The number of aromatic nitrogens is 2. The van der Waals surface area contributed by atoms with Gasteiger partial charge in [0.1, 0.15) is 11.5 Å². The van der Waals surface area contributed by atoms with Crippen molar-refractivity contribution < 1.29 is 19.0 Å². The van der Waals surface area contributed by atoms with Gasteiger partial charge in [-0.3, -0.25) is 4.79 Å². The first-order valence-electron chi connectivity index (χ1n) is 11.2. The molecule has 1 heterocycles. The Morgan fingerprint density at radius 2 is 1.47 bits per heavy atom. The monoisotopic (exact) mass is 456 g/mol. The van der Waals surface area contributed by atoms with Gasteiger partial charge < -0.3 is 14.2 Å². The summed E-state index contributed by atoms with van der Waals surface area (Å²) in [5.41, 5.74) is 5.46. The van der Waals surface area contributed by atoms with Gasteiger partial charge in [-0.05, 0) is 61.0 Å². The number of methoxy groups -OCH3 is 2. The molecule has 0 aliphatic rings. The second-order valence-electron chi connectivity index (χ2n) is 7.76. The average Bonchev–Trinajstić information content (AvgIpc) is 3.22. The van der Waals surface area contributed by atoms with E-state index >= 15 is 0 Å². The van der Waals surface area contributed by atoms with Crippen LogP contribution in [0.25, 0.3) is 16.9 Å². The Balaban J connectivity index is 1.90. The predicted molar refractivity (Wildman–Crippen MR) is 132 cm³/mol. The standard InChI is InChI=1S/C28H28N2O4/c1-4-34-27(31)19-25-26(18-20-8-6-5-7-9-20)29-30(22-12-16-24(33-3)17-13-22)28(25)21-10-14-23(32-2)15-11-21/h5-17H,4,18-19H2,1-3H3. The van der Waals surface area contributed by atoms with Crippen molar-refractivity contribution in [3.8, 4) is 28.4 Å². The lowest BCUT2D eigenvalue weighted by Crippen LogP contribution is -2.10. The van der Waals surface area contributed by atoms with Crippen molar-refractivity contribution in [2.45, 2.75) is 19.8 Å². The molecule has 174 valence electrons. The van der Waals surface area contributed by atoms with Crippen molar-refractivity contribution in [1.82, 2.24) is 9.78 Å². The fourth-order valence-corrected chi connectivity index (χ4v) is 3.92. The summed E-state index contributed by atoms with van der Waals surface area (Å²) in [4.78, 5) is 12.6. The molecule has 0 spiro atoms. The van der Waals surface area contributed by atoms with E-state index in [0.717, 1.165) is 45.3 Å². The molecule has 0 aliphatic carbocycles. The number of esters is 1. The molecule has 0 bridgehead atoms. The van der Waals surface area contributed by atoms with Crippen LogP contribution < -0.4 is 9.47 Å². The van der Waals surface area contributed by atoms with Crippen molar-refractivity contribution in [3.05, 3.63) is 95.7 Å². The Hall–Kier alpha value is -4.06. The topological polar surface area (TPSA) is 62.6 Å². The lowest BCUT2D eigenvalue weighted by atomic mass is 9.99. The van der Waals surface area contributed by atoms with Crippen LogP contribution in [0.1, 0.15) is 23.7 Å². The highest BCUT2D eigenvalue weighted by Crippen LogP contribution is 2.33. The van der Waals surface area contributed by atoms with Gasteiger partial charge in [-0.2, -0.15) is 5.10 Å². The molecule has 6 nitrogen and oxygen atoms in total. The summed E-state index contributed by atoms with van der Waals surface area (Å²) in [6, 6.07) is 25.6. The number of hydrogen-bond donors (Lipinski definition) is 0. The zero-order valence-corrected chi connectivity index (χ0v) is 19.7. The van der Waals surface area contributed by atoms with Crippen LogP contribution in [0.3, 0.4) is 0 Å². The normalized spacial score (nSPS) is 10.7. The number of carbonyl (C=O) groups excluding carboxylic acids is 1. The first-order valence-corrected chi connectivity index (χ1v) is 11.2. The van der Waals surface area contributed by atoms with Crippen molar-refractivity contribution >= 4 is 5.97 Å². The lowest BCUT2D eigenvalue weighted by molar-refractivity contribution is -0.142. The molecule has 4 rings (SSSR count). The zero-order chi connectivity index (χ0) is 23.9. The molecule has 1 aromatic heterocycles. The third-order valence-electron chi connectivity index (χ3n) is 5.59. The van der Waals surface area contributed by atoms with Crippen LogP contribution in [0, 0.1) is 0 Å². The summed E-state index contributed by atoms with van der Waals surface area (Å²) in [5.74, 6) is 1.25. The number of nitrogens with zero attached hydrogens (tertiary/aromatic N) is 2. The Morgan fingerprint density at radius 1 is 0.853 bits per heavy atom. The van der Waals surface area contributed by atoms with Crippen LogP contribution in [-0.4, -0.2) is 36.6 Å². The summed E-state index contributed by atoms with van der Waals surface area (Å²) in [5, 5.41) is 5.00. The van der Waals surface area contributed by atoms with Crippen LogP contribution >= 0.6 is 0 Å². The van der Waals surface area contributed by atoms with Gasteiger partial charge in [0.2, 0.25) is 0 Å². The summed E-state index contributed by atoms with van der Waals surface area (Å²) >= 11 is 0. The van der Waals surface area contributed by atoms with Gasteiger partial charge in [0.05, 0.1) is 44.3 Å². The Labute approximate surface area is 199 Å². The van der Waals surface area contributed by atoms with Gasteiger partial charge in [-0.15, -0.1) is 0 Å². The number of carbonyl (C=O) groups is 1. The Kier molecular flexibility index (Phi) is 7.28. The molecule has 0 saturated carbocycles. The van der Waals surface area contributed by atoms with E-state index in [-0.39, 0.29) is 12.4 Å². The second-order valence-corrected chi connectivity index (χ2v) is 7.76. The van der Waals surface area contributed by atoms with Gasteiger partial charge in [-0.25, -0.2) is 4.68 Å². The highest BCUT2D eigenvalue weighted by atomic mass is 16.5. The SMILES string of the molecule is CCOC(=O)Cc1c(Cc2ccccc2)nn(-c2ccc(OC)cc2)c1-c1ccc(OC)cc1. The molecule has 3 aromatic carbocycles. The highest BCUT2D eigenvalue weighted by Gasteiger charge is 2.23. The van der Waals surface area contributed by atoms with Crippen molar-refractivity contribution in [1.29, 1.82) is 0 Å². The fourth-order valence-electron chi connectivity index (χ4n) is 3.92. The fraction of sp³-hybridized carbons (Fsp3) is 0.214. The average molecular weight is 457 g/mol. The van der Waals surface area contributed by atoms with Crippen molar-refractivity contribution in [2.24, 2.45) is 0 Å². The summed E-state index contributed by atoms with van der Waals surface area (Å²) < 4.78 is 17.9. The van der Waals surface area contributed by atoms with E-state index in [1.54, 1.807) is 14.2 Å². The van der Waals surface area contributed by atoms with Gasteiger partial charge in [-0.1, -0.05) is 30.3 Å². The maximum atomic E-state index is 12.6. The first-order chi connectivity index (χ1) is 16.6. The molecule has 6 heteroatoms. The van der Waals surface area contributed by atoms with Crippen LogP contribution in [0.5, 0.6) is 11.5 Å². The van der Waals surface area contributed by atoms with Gasteiger partial charge in [0, 0.05) is 17.5 Å². The number of hydrogen-bond acceptors (Lipinski definition) is 5. The second kappa shape index (κ2) is 10.7. The number of rotatable bonds is 9. The van der Waals surface area contributed by atoms with Crippen LogP contribution in [-0.2, 0) is 22.4 Å². The molecular formula is C28H28N2O4. The maximum absolute atomic E-state index is 12.6. The van der Waals surface area contributed by atoms with Crippen LogP contribution in [0.15, 0.2) is 78.9 Å². The third-order valence-corrected chi connectivity index (χ3v) is 5.59. The smallest absolute Gasteiger partial charge is 0.310 e. The van der Waals surface area contributed by atoms with E-state index in [2.05, 4.69) is 12.1 Å². The molecule has 0 atom stereocenters. The maximum Gasteiger partial charge on any atom is 0.310 e. The van der Waals surface area contributed by atoms with Gasteiger partial charge in [0.15, 0.2) is 0 Å². The summed E-state index contributed by atoms with van der Waals surface area (Å²) in [7, 11) is 3.28. The number of benzene rings is 3. The lowest BCUT2D eigenvalue weighted by Gasteiger charge is -2.12. The molecule has 0 fully saturated rings. The third kappa shape index (κ3) is 5.12.